The van der Waals surface area contributed by atoms with Gasteiger partial charge >= 0.3 is 5.97 Å². The molecule has 0 unspecified atom stereocenters. The Morgan fingerprint density at radius 2 is 1.03 bits per heavy atom. The highest BCUT2D eigenvalue weighted by Crippen LogP contribution is 2.17. The smallest absolute Gasteiger partial charge is 0.303 e. The van der Waals surface area contributed by atoms with Crippen molar-refractivity contribution in [3.8, 4) is 0 Å². The summed E-state index contributed by atoms with van der Waals surface area (Å²) in [6, 6.07) is 8.52. The van der Waals surface area contributed by atoms with Crippen LogP contribution < -0.4 is 0 Å². The number of rotatable bonds is 6. The molecule has 0 saturated heterocycles. The van der Waals surface area contributed by atoms with Crippen molar-refractivity contribution in [2.75, 3.05) is 14.1 Å². The molecule has 0 bridgehead atoms. The quantitative estimate of drug-likeness (QED) is 0.705. The van der Waals surface area contributed by atoms with Crippen molar-refractivity contribution >= 4 is 11.9 Å². The Morgan fingerprint density at radius 3 is 1.33 bits per heavy atom. The zero-order valence-corrected chi connectivity index (χ0v) is 19.8. The third-order valence-corrected chi connectivity index (χ3v) is 5.73. The van der Waals surface area contributed by atoms with Gasteiger partial charge in [0.05, 0.1) is 0 Å². The van der Waals surface area contributed by atoms with E-state index in [1.54, 1.807) is 19.0 Å². The molecule has 30 heavy (non-hydrogen) atoms. The number of aryl methyl sites for hydroxylation is 6. The number of hydrogen-bond donors (Lipinski definition) is 1. The minimum atomic E-state index is -0.735. The lowest BCUT2D eigenvalue weighted by Crippen LogP contribution is -2.21. The molecule has 0 saturated carbocycles. The van der Waals surface area contributed by atoms with E-state index in [0.717, 1.165) is 12.0 Å². The van der Waals surface area contributed by atoms with Gasteiger partial charge in [0.25, 0.3) is 0 Å². The fraction of sp³-hybridized carbons (Fsp3) is 0.462. The first-order valence-electron chi connectivity index (χ1n) is 10.5. The van der Waals surface area contributed by atoms with Crippen molar-refractivity contribution in [2.24, 2.45) is 0 Å². The van der Waals surface area contributed by atoms with Gasteiger partial charge in [-0.25, -0.2) is 0 Å². The third-order valence-electron chi connectivity index (χ3n) is 5.73. The molecule has 0 radical (unpaired) electrons. The van der Waals surface area contributed by atoms with Crippen molar-refractivity contribution in [1.82, 2.24) is 4.90 Å². The molecular formula is C26H37NO3. The highest BCUT2D eigenvalue weighted by atomic mass is 16.4. The predicted octanol–water partition coefficient (Wildman–Crippen LogP) is 5.26. The average molecular weight is 412 g/mol. The van der Waals surface area contributed by atoms with Crippen LogP contribution in [0.1, 0.15) is 57.3 Å². The van der Waals surface area contributed by atoms with Crippen LogP contribution >= 0.6 is 0 Å². The number of hydrogen-bond acceptors (Lipinski definition) is 2. The molecule has 0 aliphatic rings. The Bertz CT molecular complexity index is 851. The van der Waals surface area contributed by atoms with Crippen LogP contribution in [0.15, 0.2) is 24.3 Å². The number of benzene rings is 2. The Kier molecular flexibility index (Phi) is 9.77. The van der Waals surface area contributed by atoms with E-state index in [1.165, 1.54) is 38.9 Å². The first kappa shape index (κ1) is 25.4. The second-order valence-electron chi connectivity index (χ2n) is 8.39. The van der Waals surface area contributed by atoms with Crippen molar-refractivity contribution in [3.63, 3.8) is 0 Å². The number of amides is 1. The summed E-state index contributed by atoms with van der Waals surface area (Å²) in [5, 5.41) is 8.57. The lowest BCUT2D eigenvalue weighted by atomic mass is 9.98. The van der Waals surface area contributed by atoms with Crippen molar-refractivity contribution < 1.29 is 14.7 Å². The summed E-state index contributed by atoms with van der Waals surface area (Å²) in [5.41, 5.74) is 10.1. The molecule has 0 fully saturated rings. The van der Waals surface area contributed by atoms with E-state index < -0.39 is 5.97 Å². The molecule has 2 aromatic carbocycles. The van der Waals surface area contributed by atoms with E-state index in [-0.39, 0.29) is 12.3 Å². The topological polar surface area (TPSA) is 57.6 Å². The fourth-order valence-electron chi connectivity index (χ4n) is 3.27. The fourth-order valence-corrected chi connectivity index (χ4v) is 3.27. The third kappa shape index (κ3) is 8.02. The van der Waals surface area contributed by atoms with E-state index in [1.807, 2.05) is 0 Å². The molecule has 0 heterocycles. The standard InChI is InChI=1S/C14H21NO.C12H16O2/c1-10-8-13(9-11(2)12(10)3)6-7-14(16)15(4)5;1-8-6-11(4-5-12(13)14)7-9(2)10(8)3/h8-9H,6-7H2,1-5H3;6-7H,4-5H2,1-3H3,(H,13,14). The lowest BCUT2D eigenvalue weighted by Gasteiger charge is -2.12. The van der Waals surface area contributed by atoms with Gasteiger partial charge < -0.3 is 10.0 Å². The van der Waals surface area contributed by atoms with E-state index >= 15 is 0 Å². The first-order chi connectivity index (χ1) is 13.9. The summed E-state index contributed by atoms with van der Waals surface area (Å²) in [5.74, 6) is -0.545. The zero-order chi connectivity index (χ0) is 23.0. The van der Waals surface area contributed by atoms with Gasteiger partial charge in [-0.05, 0) is 98.9 Å². The maximum absolute atomic E-state index is 11.5. The normalized spacial score (nSPS) is 10.3. The molecule has 0 aromatic heterocycles. The van der Waals surface area contributed by atoms with E-state index in [9.17, 15) is 9.59 Å². The summed E-state index contributed by atoms with van der Waals surface area (Å²) in [4.78, 5) is 23.5. The van der Waals surface area contributed by atoms with Gasteiger partial charge in [-0.15, -0.1) is 0 Å². The van der Waals surface area contributed by atoms with Gasteiger partial charge in [-0.1, -0.05) is 24.3 Å². The number of carboxylic acid groups (broad SMARTS) is 1. The van der Waals surface area contributed by atoms with Gasteiger partial charge in [0.15, 0.2) is 0 Å². The number of nitrogens with zero attached hydrogens (tertiary/aromatic N) is 1. The molecule has 0 atom stereocenters. The summed E-state index contributed by atoms with van der Waals surface area (Å²) in [6.45, 7) is 12.6. The monoisotopic (exact) mass is 411 g/mol. The van der Waals surface area contributed by atoms with Crippen molar-refractivity contribution in [3.05, 3.63) is 68.8 Å². The Morgan fingerprint density at radius 1 is 0.700 bits per heavy atom. The van der Waals surface area contributed by atoms with Gasteiger partial charge in [0.1, 0.15) is 0 Å². The van der Waals surface area contributed by atoms with Gasteiger partial charge in [0.2, 0.25) is 5.91 Å². The molecule has 1 amide bonds. The molecule has 0 spiro atoms. The van der Waals surface area contributed by atoms with Crippen LogP contribution in [0.25, 0.3) is 0 Å². The van der Waals surface area contributed by atoms with Crippen molar-refractivity contribution in [1.29, 1.82) is 0 Å². The van der Waals surface area contributed by atoms with Crippen LogP contribution in [0.5, 0.6) is 0 Å². The molecule has 0 aliphatic carbocycles. The molecule has 1 N–H and O–H groups in total. The minimum Gasteiger partial charge on any atom is -0.481 e. The van der Waals surface area contributed by atoms with Crippen molar-refractivity contribution in [2.45, 2.75) is 67.2 Å². The van der Waals surface area contributed by atoms with E-state index in [2.05, 4.69) is 65.8 Å². The highest BCUT2D eigenvalue weighted by Gasteiger charge is 2.06. The molecule has 2 aromatic rings. The Hall–Kier alpha value is -2.62. The Labute approximate surface area is 181 Å². The molecule has 2 rings (SSSR count). The van der Waals surface area contributed by atoms with Gasteiger partial charge in [-0.3, -0.25) is 9.59 Å². The maximum Gasteiger partial charge on any atom is 0.303 e. The highest BCUT2D eigenvalue weighted by molar-refractivity contribution is 5.75. The lowest BCUT2D eigenvalue weighted by molar-refractivity contribution is -0.137. The predicted molar refractivity (Wildman–Crippen MR) is 124 cm³/mol. The van der Waals surface area contributed by atoms with Crippen LogP contribution in [-0.2, 0) is 22.4 Å². The first-order valence-corrected chi connectivity index (χ1v) is 10.5. The second kappa shape index (κ2) is 11.5. The molecule has 4 heteroatoms. The van der Waals surface area contributed by atoms with Gasteiger partial charge in [0, 0.05) is 26.9 Å². The number of aliphatic carboxylic acids is 1. The van der Waals surface area contributed by atoms with Crippen LogP contribution in [-0.4, -0.2) is 36.0 Å². The number of carbonyl (C=O) groups excluding carboxylic acids is 1. The summed E-state index contributed by atoms with van der Waals surface area (Å²) in [7, 11) is 3.60. The van der Waals surface area contributed by atoms with E-state index in [4.69, 9.17) is 5.11 Å². The van der Waals surface area contributed by atoms with Crippen LogP contribution in [0.2, 0.25) is 0 Å². The van der Waals surface area contributed by atoms with Crippen LogP contribution in [0.4, 0.5) is 0 Å². The molecule has 4 nitrogen and oxygen atoms in total. The number of carboxylic acids is 1. The van der Waals surface area contributed by atoms with E-state index in [0.29, 0.717) is 12.8 Å². The summed E-state index contributed by atoms with van der Waals surface area (Å²) < 4.78 is 0. The Balaban J connectivity index is 0.000000303. The largest absolute Gasteiger partial charge is 0.481 e. The van der Waals surface area contributed by atoms with Crippen LogP contribution in [0.3, 0.4) is 0 Å². The molecule has 164 valence electrons. The van der Waals surface area contributed by atoms with Gasteiger partial charge in [-0.2, -0.15) is 0 Å². The number of carbonyl (C=O) groups is 2. The van der Waals surface area contributed by atoms with Crippen LogP contribution in [0, 0.1) is 41.5 Å². The second-order valence-corrected chi connectivity index (χ2v) is 8.39. The summed E-state index contributed by atoms with van der Waals surface area (Å²) >= 11 is 0. The molecule has 0 aliphatic heterocycles. The maximum atomic E-state index is 11.5. The molecular weight excluding hydrogens is 374 g/mol. The zero-order valence-electron chi connectivity index (χ0n) is 19.8. The average Bonchev–Trinajstić information content (AvgIpc) is 2.66. The SMILES string of the molecule is Cc1cc(CCC(=O)N(C)C)cc(C)c1C.Cc1cc(CCC(=O)O)cc(C)c1C. The summed E-state index contributed by atoms with van der Waals surface area (Å²) in [6.07, 6.45) is 2.26. The minimum absolute atomic E-state index is 0.191.